The highest BCUT2D eigenvalue weighted by atomic mass is 79.9. The van der Waals surface area contributed by atoms with Crippen molar-refractivity contribution in [3.8, 4) is 11.5 Å². The van der Waals surface area contributed by atoms with Gasteiger partial charge in [0.1, 0.15) is 6.54 Å². The lowest BCUT2D eigenvalue weighted by Gasteiger charge is -2.25. The Balaban J connectivity index is 1.87. The van der Waals surface area contributed by atoms with E-state index in [9.17, 15) is 18.3 Å². The summed E-state index contributed by atoms with van der Waals surface area (Å²) in [7, 11) is -2.67. The van der Waals surface area contributed by atoms with E-state index in [-0.39, 0.29) is 22.1 Å². The number of rotatable bonds is 8. The first-order chi connectivity index (χ1) is 16.1. The van der Waals surface area contributed by atoms with Gasteiger partial charge in [-0.1, -0.05) is 35.9 Å². The maximum Gasteiger partial charge on any atom is 0.264 e. The van der Waals surface area contributed by atoms with E-state index in [1.807, 2.05) is 0 Å². The number of anilines is 1. The Bertz CT molecular complexity index is 1330. The van der Waals surface area contributed by atoms with Crippen LogP contribution in [0.5, 0.6) is 11.5 Å². The first kappa shape index (κ1) is 25.5. The number of phenols is 1. The van der Waals surface area contributed by atoms with Gasteiger partial charge in [-0.15, -0.1) is 0 Å². The van der Waals surface area contributed by atoms with Gasteiger partial charge in [0.2, 0.25) is 0 Å². The molecule has 0 unspecified atom stereocenters. The molecule has 0 fully saturated rings. The van der Waals surface area contributed by atoms with E-state index in [0.29, 0.717) is 20.6 Å². The Hall–Kier alpha value is -3.08. The summed E-state index contributed by atoms with van der Waals surface area (Å²) < 4.78 is 33.2. The van der Waals surface area contributed by atoms with Gasteiger partial charge in [-0.25, -0.2) is 13.8 Å². The second kappa shape index (κ2) is 10.9. The number of hydrogen-bond donors (Lipinski definition) is 2. The quantitative estimate of drug-likeness (QED) is 0.309. The SMILES string of the molecule is COc1cc(/C=N\NC(=O)CN(c2cccc(Cl)c2C)S(=O)(=O)c2ccccc2)cc(Br)c1O. The zero-order chi connectivity index (χ0) is 24.9. The maximum atomic E-state index is 13.4. The molecule has 178 valence electrons. The topological polar surface area (TPSA) is 108 Å². The van der Waals surface area contributed by atoms with E-state index in [2.05, 4.69) is 26.5 Å². The summed E-state index contributed by atoms with van der Waals surface area (Å²) >= 11 is 9.42. The first-order valence-corrected chi connectivity index (χ1v) is 12.5. The number of methoxy groups -OCH3 is 1. The first-order valence-electron chi connectivity index (χ1n) is 9.86. The normalized spacial score (nSPS) is 11.4. The summed E-state index contributed by atoms with van der Waals surface area (Å²) in [5, 5.41) is 14.2. The van der Waals surface area contributed by atoms with Gasteiger partial charge >= 0.3 is 0 Å². The summed E-state index contributed by atoms with van der Waals surface area (Å²) in [6.45, 7) is 1.15. The van der Waals surface area contributed by atoms with E-state index in [1.165, 1.54) is 31.5 Å². The molecule has 0 aliphatic heterocycles. The van der Waals surface area contributed by atoms with Crippen LogP contribution in [-0.4, -0.2) is 39.3 Å². The van der Waals surface area contributed by atoms with E-state index in [1.54, 1.807) is 49.4 Å². The highest BCUT2D eigenvalue weighted by Crippen LogP contribution is 2.34. The number of phenolic OH excluding ortho intramolecular Hbond substituents is 1. The molecule has 3 rings (SSSR count). The van der Waals surface area contributed by atoms with E-state index in [0.717, 1.165) is 4.31 Å². The van der Waals surface area contributed by atoms with Crippen molar-refractivity contribution >= 4 is 55.4 Å². The molecule has 0 heterocycles. The lowest BCUT2D eigenvalue weighted by molar-refractivity contribution is -0.119. The Labute approximate surface area is 211 Å². The predicted octanol–water partition coefficient (Wildman–Crippen LogP) is 4.47. The Morgan fingerprint density at radius 2 is 1.91 bits per heavy atom. The average molecular weight is 567 g/mol. The molecule has 0 bridgehead atoms. The number of amides is 1. The molecule has 2 N–H and O–H groups in total. The molecule has 0 saturated carbocycles. The number of nitrogens with one attached hydrogen (secondary N) is 1. The van der Waals surface area contributed by atoms with Crippen LogP contribution < -0.4 is 14.5 Å². The number of hydrogen-bond acceptors (Lipinski definition) is 6. The maximum absolute atomic E-state index is 13.4. The second-order valence-corrected chi connectivity index (χ2v) is 10.2. The van der Waals surface area contributed by atoms with Crippen LogP contribution in [-0.2, 0) is 14.8 Å². The molecule has 3 aromatic rings. The van der Waals surface area contributed by atoms with Crippen molar-refractivity contribution in [3.05, 3.63) is 81.3 Å². The standard InChI is InChI=1S/C23H21BrClN3O5S/c1-15-19(25)9-6-10-20(15)28(34(31,32)17-7-4-3-5-8-17)14-22(29)27-26-13-16-11-18(24)23(30)21(12-16)33-2/h3-13,30H,14H2,1-2H3,(H,27,29)/b26-13-. The van der Waals surface area contributed by atoms with Gasteiger partial charge in [0.15, 0.2) is 11.5 Å². The number of halogens is 2. The van der Waals surface area contributed by atoms with Gasteiger partial charge in [0.05, 0.1) is 28.4 Å². The fourth-order valence-corrected chi connectivity index (χ4v) is 5.18. The summed E-state index contributed by atoms with van der Waals surface area (Å²) in [5.74, 6) is -0.513. The summed E-state index contributed by atoms with van der Waals surface area (Å²) in [6, 6.07) is 15.8. The monoisotopic (exact) mass is 565 g/mol. The lowest BCUT2D eigenvalue weighted by Crippen LogP contribution is -2.40. The molecule has 11 heteroatoms. The molecule has 0 aromatic heterocycles. The molecule has 0 radical (unpaired) electrons. The second-order valence-electron chi connectivity index (χ2n) is 7.06. The Kier molecular flexibility index (Phi) is 8.19. The van der Waals surface area contributed by atoms with Crippen LogP contribution in [0.25, 0.3) is 0 Å². The van der Waals surface area contributed by atoms with Crippen LogP contribution in [0.4, 0.5) is 5.69 Å². The van der Waals surface area contributed by atoms with Crippen molar-refractivity contribution in [1.82, 2.24) is 5.43 Å². The molecule has 1 amide bonds. The number of benzene rings is 3. The highest BCUT2D eigenvalue weighted by molar-refractivity contribution is 9.10. The number of carbonyl (C=O) groups is 1. The highest BCUT2D eigenvalue weighted by Gasteiger charge is 2.28. The van der Waals surface area contributed by atoms with E-state index < -0.39 is 22.5 Å². The Morgan fingerprint density at radius 3 is 2.59 bits per heavy atom. The van der Waals surface area contributed by atoms with Crippen molar-refractivity contribution in [2.45, 2.75) is 11.8 Å². The summed E-state index contributed by atoms with van der Waals surface area (Å²) in [4.78, 5) is 12.7. The number of aromatic hydroxyl groups is 1. The van der Waals surface area contributed by atoms with E-state index >= 15 is 0 Å². The number of carbonyl (C=O) groups excluding carboxylic acids is 1. The van der Waals surface area contributed by atoms with Gasteiger partial charge < -0.3 is 9.84 Å². The lowest BCUT2D eigenvalue weighted by atomic mass is 10.2. The smallest absolute Gasteiger partial charge is 0.264 e. The van der Waals surface area contributed by atoms with Crippen molar-refractivity contribution in [1.29, 1.82) is 0 Å². The van der Waals surface area contributed by atoms with Gasteiger partial charge in [0, 0.05) is 5.02 Å². The average Bonchev–Trinajstić information content (AvgIpc) is 2.82. The number of hydrazone groups is 1. The van der Waals surface area contributed by atoms with Crippen LogP contribution >= 0.6 is 27.5 Å². The van der Waals surface area contributed by atoms with Crippen LogP contribution in [0.15, 0.2) is 75.1 Å². The van der Waals surface area contributed by atoms with Crippen LogP contribution in [0, 0.1) is 6.92 Å². The predicted molar refractivity (Wildman–Crippen MR) is 135 cm³/mol. The molecular formula is C23H21BrClN3O5S. The van der Waals surface area contributed by atoms with Crippen molar-refractivity contribution in [3.63, 3.8) is 0 Å². The number of nitrogens with zero attached hydrogens (tertiary/aromatic N) is 2. The fourth-order valence-electron chi connectivity index (χ4n) is 3.05. The van der Waals surface area contributed by atoms with Gasteiger partial charge in [0.25, 0.3) is 15.9 Å². The van der Waals surface area contributed by atoms with E-state index in [4.69, 9.17) is 16.3 Å². The van der Waals surface area contributed by atoms with Gasteiger partial charge in [-0.3, -0.25) is 9.10 Å². The van der Waals surface area contributed by atoms with Gasteiger partial charge in [-0.05, 0) is 70.4 Å². The molecule has 0 saturated heterocycles. The third kappa shape index (κ3) is 5.69. The van der Waals surface area contributed by atoms with Crippen LogP contribution in [0.1, 0.15) is 11.1 Å². The largest absolute Gasteiger partial charge is 0.503 e. The molecule has 0 atom stereocenters. The van der Waals surface area contributed by atoms with Crippen LogP contribution in [0.3, 0.4) is 0 Å². The minimum atomic E-state index is -4.07. The Morgan fingerprint density at radius 1 is 1.21 bits per heavy atom. The molecule has 0 aliphatic carbocycles. The van der Waals surface area contributed by atoms with Crippen LogP contribution in [0.2, 0.25) is 5.02 Å². The minimum absolute atomic E-state index is 0.0340. The minimum Gasteiger partial charge on any atom is -0.503 e. The molecule has 8 nitrogen and oxygen atoms in total. The number of sulfonamides is 1. The summed E-state index contributed by atoms with van der Waals surface area (Å²) in [5.41, 5.74) is 3.66. The van der Waals surface area contributed by atoms with Crippen molar-refractivity contribution in [2.75, 3.05) is 18.0 Å². The zero-order valence-electron chi connectivity index (χ0n) is 18.2. The summed E-state index contributed by atoms with van der Waals surface area (Å²) in [6.07, 6.45) is 1.34. The fraction of sp³-hybridized carbons (Fsp3) is 0.130. The molecular weight excluding hydrogens is 546 g/mol. The molecule has 0 aliphatic rings. The van der Waals surface area contributed by atoms with Gasteiger partial charge in [-0.2, -0.15) is 5.10 Å². The molecule has 3 aromatic carbocycles. The third-order valence-corrected chi connectivity index (χ3v) is 7.59. The molecule has 0 spiro atoms. The third-order valence-electron chi connectivity index (χ3n) is 4.80. The molecule has 34 heavy (non-hydrogen) atoms. The zero-order valence-corrected chi connectivity index (χ0v) is 21.4. The number of ether oxygens (including phenoxy) is 1. The van der Waals surface area contributed by atoms with Crippen molar-refractivity contribution in [2.24, 2.45) is 5.10 Å². The van der Waals surface area contributed by atoms with Crippen molar-refractivity contribution < 1.29 is 23.1 Å².